The van der Waals surface area contributed by atoms with E-state index in [1.165, 1.54) is 0 Å². The summed E-state index contributed by atoms with van der Waals surface area (Å²) in [5, 5.41) is 8.77. The highest BCUT2D eigenvalue weighted by atomic mass is 16.4. The first-order chi connectivity index (χ1) is 7.16. The Bertz CT molecular complexity index is 492. The van der Waals surface area contributed by atoms with Gasteiger partial charge in [-0.05, 0) is 6.07 Å². The summed E-state index contributed by atoms with van der Waals surface area (Å²) in [5.74, 6) is -0.625. The SMILES string of the molecule is CC(Cc1ccn2ccnc2n1)C(=O)O. The molecule has 2 aromatic heterocycles. The molecule has 0 spiro atoms. The highest BCUT2D eigenvalue weighted by Crippen LogP contribution is 2.07. The maximum Gasteiger partial charge on any atom is 0.306 e. The lowest BCUT2D eigenvalue weighted by Gasteiger charge is -2.05. The molecule has 0 aliphatic rings. The number of hydrogen-bond donors (Lipinski definition) is 1. The van der Waals surface area contributed by atoms with Crippen LogP contribution in [0.2, 0.25) is 0 Å². The second kappa shape index (κ2) is 3.68. The van der Waals surface area contributed by atoms with Crippen molar-refractivity contribution in [2.24, 2.45) is 5.92 Å². The molecule has 78 valence electrons. The van der Waals surface area contributed by atoms with Crippen molar-refractivity contribution in [2.45, 2.75) is 13.3 Å². The summed E-state index contributed by atoms with van der Waals surface area (Å²) in [7, 11) is 0. The zero-order valence-electron chi connectivity index (χ0n) is 8.29. The van der Waals surface area contributed by atoms with Crippen LogP contribution in [0.25, 0.3) is 5.78 Å². The number of nitrogens with zero attached hydrogens (tertiary/aromatic N) is 3. The van der Waals surface area contributed by atoms with E-state index in [1.54, 1.807) is 23.7 Å². The van der Waals surface area contributed by atoms with Crippen LogP contribution in [-0.2, 0) is 11.2 Å². The van der Waals surface area contributed by atoms with Gasteiger partial charge in [-0.25, -0.2) is 9.97 Å². The largest absolute Gasteiger partial charge is 0.481 e. The summed E-state index contributed by atoms with van der Waals surface area (Å²) >= 11 is 0. The van der Waals surface area contributed by atoms with Gasteiger partial charge in [0.15, 0.2) is 0 Å². The van der Waals surface area contributed by atoms with Gasteiger partial charge in [-0.1, -0.05) is 6.92 Å². The summed E-state index contributed by atoms with van der Waals surface area (Å²) in [5.41, 5.74) is 0.753. The van der Waals surface area contributed by atoms with Crippen molar-refractivity contribution in [1.29, 1.82) is 0 Å². The van der Waals surface area contributed by atoms with Crippen molar-refractivity contribution in [3.05, 3.63) is 30.4 Å². The fourth-order valence-corrected chi connectivity index (χ4v) is 1.35. The van der Waals surface area contributed by atoms with E-state index in [4.69, 9.17) is 5.11 Å². The third kappa shape index (κ3) is 1.96. The summed E-state index contributed by atoms with van der Waals surface area (Å²) in [4.78, 5) is 19.0. The van der Waals surface area contributed by atoms with Gasteiger partial charge in [0.05, 0.1) is 5.92 Å². The highest BCUT2D eigenvalue weighted by molar-refractivity contribution is 5.69. The Morgan fingerprint density at radius 3 is 3.13 bits per heavy atom. The molecule has 2 rings (SSSR count). The molecular weight excluding hydrogens is 194 g/mol. The van der Waals surface area contributed by atoms with Crippen molar-refractivity contribution in [3.8, 4) is 0 Å². The van der Waals surface area contributed by atoms with E-state index in [-0.39, 0.29) is 0 Å². The van der Waals surface area contributed by atoms with Gasteiger partial charge in [0.25, 0.3) is 0 Å². The Balaban J connectivity index is 2.24. The number of aliphatic carboxylic acids is 1. The number of hydrogen-bond acceptors (Lipinski definition) is 3. The van der Waals surface area contributed by atoms with Gasteiger partial charge in [-0.2, -0.15) is 0 Å². The van der Waals surface area contributed by atoms with E-state index in [1.807, 2.05) is 12.3 Å². The maximum atomic E-state index is 10.7. The van der Waals surface area contributed by atoms with Crippen LogP contribution < -0.4 is 0 Å². The minimum absolute atomic E-state index is 0.421. The first-order valence-electron chi connectivity index (χ1n) is 4.68. The molecule has 15 heavy (non-hydrogen) atoms. The standard InChI is InChI=1S/C10H11N3O2/c1-7(9(14)15)6-8-2-4-13-5-3-11-10(13)12-8/h2-5,7H,6H2,1H3,(H,14,15). The number of aromatic nitrogens is 3. The van der Waals surface area contributed by atoms with Crippen LogP contribution >= 0.6 is 0 Å². The van der Waals surface area contributed by atoms with Crippen molar-refractivity contribution < 1.29 is 9.90 Å². The van der Waals surface area contributed by atoms with E-state index >= 15 is 0 Å². The quantitative estimate of drug-likeness (QED) is 0.811. The van der Waals surface area contributed by atoms with Gasteiger partial charge in [0.2, 0.25) is 5.78 Å². The van der Waals surface area contributed by atoms with Crippen LogP contribution in [0.3, 0.4) is 0 Å². The minimum atomic E-state index is -0.806. The Morgan fingerprint density at radius 2 is 2.40 bits per heavy atom. The molecule has 0 bridgehead atoms. The number of carboxylic acid groups (broad SMARTS) is 1. The average molecular weight is 205 g/mol. The molecule has 1 unspecified atom stereocenters. The Kier molecular flexibility index (Phi) is 2.37. The third-order valence-electron chi connectivity index (χ3n) is 2.26. The van der Waals surface area contributed by atoms with Crippen molar-refractivity contribution in [3.63, 3.8) is 0 Å². The fraction of sp³-hybridized carbons (Fsp3) is 0.300. The van der Waals surface area contributed by atoms with Gasteiger partial charge >= 0.3 is 5.97 Å². The first-order valence-corrected chi connectivity index (χ1v) is 4.68. The molecule has 0 fully saturated rings. The first kappa shape index (κ1) is 9.64. The van der Waals surface area contributed by atoms with Gasteiger partial charge in [-0.15, -0.1) is 0 Å². The van der Waals surface area contributed by atoms with E-state index < -0.39 is 11.9 Å². The number of fused-ring (bicyclic) bond motifs is 1. The number of carboxylic acids is 1. The summed E-state index contributed by atoms with van der Waals surface area (Å²) < 4.78 is 1.79. The van der Waals surface area contributed by atoms with Crippen LogP contribution in [0.5, 0.6) is 0 Å². The van der Waals surface area contributed by atoms with Crippen LogP contribution in [0.15, 0.2) is 24.7 Å². The Hall–Kier alpha value is -1.91. The fourth-order valence-electron chi connectivity index (χ4n) is 1.35. The summed E-state index contributed by atoms with van der Waals surface area (Å²) in [6.07, 6.45) is 5.72. The molecule has 0 amide bonds. The summed E-state index contributed by atoms with van der Waals surface area (Å²) in [6, 6.07) is 1.81. The molecule has 2 heterocycles. The van der Waals surface area contributed by atoms with Gasteiger partial charge in [-0.3, -0.25) is 9.20 Å². The van der Waals surface area contributed by atoms with Crippen LogP contribution in [0.1, 0.15) is 12.6 Å². The molecule has 1 N–H and O–H groups in total. The van der Waals surface area contributed by atoms with E-state index in [9.17, 15) is 4.79 Å². The minimum Gasteiger partial charge on any atom is -0.481 e. The lowest BCUT2D eigenvalue weighted by atomic mass is 10.1. The Morgan fingerprint density at radius 1 is 1.60 bits per heavy atom. The van der Waals surface area contributed by atoms with Gasteiger partial charge < -0.3 is 5.11 Å². The molecule has 0 aromatic carbocycles. The molecular formula is C10H11N3O2. The van der Waals surface area contributed by atoms with Crippen molar-refractivity contribution >= 4 is 11.7 Å². The molecule has 5 heteroatoms. The number of imidazole rings is 1. The van der Waals surface area contributed by atoms with Gasteiger partial charge in [0, 0.05) is 30.7 Å². The van der Waals surface area contributed by atoms with Crippen molar-refractivity contribution in [1.82, 2.24) is 14.4 Å². The number of rotatable bonds is 3. The second-order valence-corrected chi connectivity index (χ2v) is 3.50. The molecule has 0 aliphatic carbocycles. The Labute approximate surface area is 86.4 Å². The normalized spacial score (nSPS) is 12.9. The molecule has 2 aromatic rings. The van der Waals surface area contributed by atoms with Crippen LogP contribution in [0, 0.1) is 5.92 Å². The van der Waals surface area contributed by atoms with E-state index in [0.717, 1.165) is 5.69 Å². The molecule has 0 aliphatic heterocycles. The topological polar surface area (TPSA) is 67.5 Å². The monoisotopic (exact) mass is 205 g/mol. The smallest absolute Gasteiger partial charge is 0.306 e. The van der Waals surface area contributed by atoms with Crippen molar-refractivity contribution in [2.75, 3.05) is 0 Å². The number of carbonyl (C=O) groups is 1. The zero-order chi connectivity index (χ0) is 10.8. The lowest BCUT2D eigenvalue weighted by Crippen LogP contribution is -2.13. The maximum absolute atomic E-state index is 10.7. The average Bonchev–Trinajstić information content (AvgIpc) is 2.64. The predicted molar refractivity (Wildman–Crippen MR) is 53.5 cm³/mol. The molecule has 5 nitrogen and oxygen atoms in total. The predicted octanol–water partition coefficient (Wildman–Crippen LogP) is 0.992. The second-order valence-electron chi connectivity index (χ2n) is 3.50. The lowest BCUT2D eigenvalue weighted by molar-refractivity contribution is -0.141. The highest BCUT2D eigenvalue weighted by Gasteiger charge is 2.12. The molecule has 1 atom stereocenters. The van der Waals surface area contributed by atoms with Crippen LogP contribution in [-0.4, -0.2) is 25.4 Å². The summed E-state index contributed by atoms with van der Waals surface area (Å²) in [6.45, 7) is 1.67. The molecule has 0 saturated heterocycles. The van der Waals surface area contributed by atoms with Crippen LogP contribution in [0.4, 0.5) is 0 Å². The van der Waals surface area contributed by atoms with E-state index in [0.29, 0.717) is 12.2 Å². The van der Waals surface area contributed by atoms with E-state index in [2.05, 4.69) is 9.97 Å². The van der Waals surface area contributed by atoms with Gasteiger partial charge in [0.1, 0.15) is 0 Å². The molecule has 0 radical (unpaired) electrons. The zero-order valence-corrected chi connectivity index (χ0v) is 8.29. The third-order valence-corrected chi connectivity index (χ3v) is 2.26. The molecule has 0 saturated carbocycles.